The van der Waals surface area contributed by atoms with Gasteiger partial charge in [-0.2, -0.15) is 4.98 Å². The highest BCUT2D eigenvalue weighted by molar-refractivity contribution is 5.79. The van der Waals surface area contributed by atoms with Gasteiger partial charge in [0.2, 0.25) is 11.8 Å². The third kappa shape index (κ3) is 4.36. The molecule has 1 amide bonds. The highest BCUT2D eigenvalue weighted by atomic mass is 16.5. The van der Waals surface area contributed by atoms with E-state index in [1.54, 1.807) is 7.11 Å². The van der Waals surface area contributed by atoms with Crippen LogP contribution in [0.5, 0.6) is 5.75 Å². The number of hydrogen-bond donors (Lipinski definition) is 0. The number of hydrogen-bond acceptors (Lipinski definition) is 6. The Bertz CT molecular complexity index is 708. The molecule has 0 N–H and O–H groups in total. The number of para-hydroxylation sites is 1. The van der Waals surface area contributed by atoms with E-state index in [-0.39, 0.29) is 5.91 Å². The lowest BCUT2D eigenvalue weighted by molar-refractivity contribution is -0.132. The van der Waals surface area contributed by atoms with Crippen LogP contribution >= 0.6 is 0 Å². The highest BCUT2D eigenvalue weighted by Crippen LogP contribution is 2.19. The van der Waals surface area contributed by atoms with Crippen molar-refractivity contribution >= 4 is 5.91 Å². The molecule has 7 nitrogen and oxygen atoms in total. The van der Waals surface area contributed by atoms with Gasteiger partial charge < -0.3 is 14.2 Å². The van der Waals surface area contributed by atoms with Crippen LogP contribution in [0.4, 0.5) is 0 Å². The molecule has 3 rings (SSSR count). The first-order chi connectivity index (χ1) is 12.2. The van der Waals surface area contributed by atoms with E-state index < -0.39 is 0 Å². The number of benzene rings is 1. The summed E-state index contributed by atoms with van der Waals surface area (Å²) >= 11 is 0. The van der Waals surface area contributed by atoms with Crippen LogP contribution < -0.4 is 4.74 Å². The van der Waals surface area contributed by atoms with E-state index in [0.717, 1.165) is 30.8 Å². The van der Waals surface area contributed by atoms with Crippen LogP contribution in [0, 0.1) is 0 Å². The zero-order valence-corrected chi connectivity index (χ0v) is 14.8. The fourth-order valence-electron chi connectivity index (χ4n) is 2.98. The van der Waals surface area contributed by atoms with Gasteiger partial charge in [0.15, 0.2) is 5.82 Å². The Morgan fingerprint density at radius 2 is 2.00 bits per heavy atom. The maximum atomic E-state index is 12.6. The van der Waals surface area contributed by atoms with Crippen molar-refractivity contribution in [1.29, 1.82) is 0 Å². The first-order valence-corrected chi connectivity index (χ1v) is 8.63. The van der Waals surface area contributed by atoms with Gasteiger partial charge in [0.05, 0.1) is 20.1 Å². The summed E-state index contributed by atoms with van der Waals surface area (Å²) in [5, 5.41) is 3.99. The lowest BCUT2D eigenvalue weighted by Gasteiger charge is -2.34. The van der Waals surface area contributed by atoms with Crippen molar-refractivity contribution in [3.63, 3.8) is 0 Å². The summed E-state index contributed by atoms with van der Waals surface area (Å²) in [6, 6.07) is 7.66. The third-order valence-electron chi connectivity index (χ3n) is 4.44. The number of amides is 1. The van der Waals surface area contributed by atoms with Crippen molar-refractivity contribution < 1.29 is 14.1 Å². The Balaban J connectivity index is 1.50. The Hall–Kier alpha value is -2.41. The van der Waals surface area contributed by atoms with Crippen LogP contribution in [-0.2, 0) is 24.2 Å². The van der Waals surface area contributed by atoms with Gasteiger partial charge in [-0.15, -0.1) is 0 Å². The van der Waals surface area contributed by atoms with Crippen molar-refractivity contribution in [1.82, 2.24) is 19.9 Å². The first-order valence-electron chi connectivity index (χ1n) is 8.63. The second-order valence-electron chi connectivity index (χ2n) is 6.10. The zero-order valence-electron chi connectivity index (χ0n) is 14.8. The minimum Gasteiger partial charge on any atom is -0.496 e. The molecule has 2 heterocycles. The molecule has 1 aliphatic rings. The van der Waals surface area contributed by atoms with Gasteiger partial charge in [0.25, 0.3) is 0 Å². The average molecular weight is 344 g/mol. The molecule has 0 saturated carbocycles. The molecule has 1 aromatic carbocycles. The van der Waals surface area contributed by atoms with E-state index in [9.17, 15) is 4.79 Å². The quantitative estimate of drug-likeness (QED) is 0.791. The standard InChI is InChI=1S/C18H24N4O3/c1-3-17-19-16(20-25-17)13-21-8-10-22(11-9-21)18(23)12-14-6-4-5-7-15(14)24-2/h4-7H,3,8-13H2,1-2H3. The molecule has 0 aliphatic carbocycles. The van der Waals surface area contributed by atoms with E-state index in [2.05, 4.69) is 15.0 Å². The lowest BCUT2D eigenvalue weighted by atomic mass is 10.1. The topological polar surface area (TPSA) is 71.7 Å². The van der Waals surface area contributed by atoms with Gasteiger partial charge in [0.1, 0.15) is 5.75 Å². The van der Waals surface area contributed by atoms with Crippen LogP contribution in [0.3, 0.4) is 0 Å². The summed E-state index contributed by atoms with van der Waals surface area (Å²) in [7, 11) is 1.63. The molecule has 0 bridgehead atoms. The third-order valence-corrected chi connectivity index (χ3v) is 4.44. The number of carbonyl (C=O) groups is 1. The van der Waals surface area contributed by atoms with Crippen molar-refractivity contribution in [2.75, 3.05) is 33.3 Å². The van der Waals surface area contributed by atoms with Gasteiger partial charge >= 0.3 is 0 Å². The van der Waals surface area contributed by atoms with Gasteiger partial charge in [-0.05, 0) is 6.07 Å². The van der Waals surface area contributed by atoms with Crippen LogP contribution in [0.2, 0.25) is 0 Å². The van der Waals surface area contributed by atoms with E-state index in [0.29, 0.717) is 37.8 Å². The Morgan fingerprint density at radius 3 is 2.68 bits per heavy atom. The van der Waals surface area contributed by atoms with Gasteiger partial charge in [-0.25, -0.2) is 0 Å². The molecule has 1 aliphatic heterocycles. The van der Waals surface area contributed by atoms with Gasteiger partial charge in [-0.1, -0.05) is 30.3 Å². The van der Waals surface area contributed by atoms with Crippen LogP contribution in [-0.4, -0.2) is 59.1 Å². The molecule has 2 aromatic rings. The molecule has 0 radical (unpaired) electrons. The van der Waals surface area contributed by atoms with E-state index in [1.165, 1.54) is 0 Å². The maximum absolute atomic E-state index is 12.6. The zero-order chi connectivity index (χ0) is 17.6. The molecule has 25 heavy (non-hydrogen) atoms. The molecule has 1 aromatic heterocycles. The molecular formula is C18H24N4O3. The molecule has 0 unspecified atom stereocenters. The minimum absolute atomic E-state index is 0.136. The fourth-order valence-corrected chi connectivity index (χ4v) is 2.98. The maximum Gasteiger partial charge on any atom is 0.227 e. The van der Waals surface area contributed by atoms with Gasteiger partial charge in [-0.3, -0.25) is 9.69 Å². The van der Waals surface area contributed by atoms with Crippen LogP contribution in [0.25, 0.3) is 0 Å². The highest BCUT2D eigenvalue weighted by Gasteiger charge is 2.23. The number of carbonyl (C=O) groups excluding carboxylic acids is 1. The average Bonchev–Trinajstić information content (AvgIpc) is 3.10. The predicted octanol–water partition coefficient (Wildman–Crippen LogP) is 1.53. The van der Waals surface area contributed by atoms with E-state index in [1.807, 2.05) is 36.1 Å². The number of nitrogens with zero attached hydrogens (tertiary/aromatic N) is 4. The van der Waals surface area contributed by atoms with Crippen LogP contribution in [0.15, 0.2) is 28.8 Å². The lowest BCUT2D eigenvalue weighted by Crippen LogP contribution is -2.48. The summed E-state index contributed by atoms with van der Waals surface area (Å²) in [5.41, 5.74) is 0.927. The monoisotopic (exact) mass is 344 g/mol. The Morgan fingerprint density at radius 1 is 1.24 bits per heavy atom. The summed E-state index contributed by atoms with van der Waals surface area (Å²) in [6.45, 7) is 5.71. The summed E-state index contributed by atoms with van der Waals surface area (Å²) in [5.74, 6) is 2.28. The molecule has 1 fully saturated rings. The van der Waals surface area contributed by atoms with E-state index in [4.69, 9.17) is 9.26 Å². The molecule has 0 atom stereocenters. The van der Waals surface area contributed by atoms with Crippen molar-refractivity contribution in [3.05, 3.63) is 41.5 Å². The van der Waals surface area contributed by atoms with Crippen molar-refractivity contribution in [2.24, 2.45) is 0 Å². The number of piperazine rings is 1. The number of ether oxygens (including phenoxy) is 1. The molecule has 7 heteroatoms. The second-order valence-corrected chi connectivity index (χ2v) is 6.10. The Kier molecular flexibility index (Phi) is 5.65. The minimum atomic E-state index is 0.136. The summed E-state index contributed by atoms with van der Waals surface area (Å²) < 4.78 is 10.5. The predicted molar refractivity (Wildman–Crippen MR) is 92.2 cm³/mol. The number of rotatable bonds is 6. The first kappa shape index (κ1) is 17.4. The molecule has 134 valence electrons. The number of aryl methyl sites for hydroxylation is 1. The van der Waals surface area contributed by atoms with Crippen molar-refractivity contribution in [3.8, 4) is 5.75 Å². The molecule has 0 spiro atoms. The summed E-state index contributed by atoms with van der Waals surface area (Å²) in [6.07, 6.45) is 1.12. The number of aromatic nitrogens is 2. The smallest absolute Gasteiger partial charge is 0.227 e. The number of methoxy groups -OCH3 is 1. The Labute approximate surface area is 147 Å². The SMILES string of the molecule is CCc1nc(CN2CCN(C(=O)Cc3ccccc3OC)CC2)no1. The van der Waals surface area contributed by atoms with Crippen LogP contribution in [0.1, 0.15) is 24.2 Å². The molecule has 1 saturated heterocycles. The normalized spacial score (nSPS) is 15.4. The second kappa shape index (κ2) is 8.11. The van der Waals surface area contributed by atoms with Crippen molar-refractivity contribution in [2.45, 2.75) is 26.3 Å². The van der Waals surface area contributed by atoms with E-state index >= 15 is 0 Å². The summed E-state index contributed by atoms with van der Waals surface area (Å²) in [4.78, 5) is 21.1. The van der Waals surface area contributed by atoms with Gasteiger partial charge in [0, 0.05) is 38.2 Å². The molecular weight excluding hydrogens is 320 g/mol. The fraction of sp³-hybridized carbons (Fsp3) is 0.500. The largest absolute Gasteiger partial charge is 0.496 e.